The Bertz CT molecular complexity index is 640. The van der Waals surface area contributed by atoms with Crippen LogP contribution >= 0.6 is 0 Å². The van der Waals surface area contributed by atoms with Gasteiger partial charge >= 0.3 is 0 Å². The molecular weight excluding hydrogens is 232 g/mol. The number of aliphatic hydroxyl groups is 1. The molecule has 0 fully saturated rings. The molecule has 0 saturated heterocycles. The van der Waals surface area contributed by atoms with Crippen molar-refractivity contribution < 1.29 is 5.11 Å². The standard InChI is InChI=1S/C18H18O/c1-12-7-8-13(2)17(11-12)16-10-9-14-5-3-4-6-15(14)18(16)19/h3-11,16,18-19H,1-2H3. The normalized spacial score (nSPS) is 21.2. The molecule has 1 aliphatic rings. The zero-order chi connectivity index (χ0) is 13.4. The minimum absolute atomic E-state index is 0.0507. The second-order valence-corrected chi connectivity index (χ2v) is 5.32. The number of fused-ring (bicyclic) bond motifs is 1. The highest BCUT2D eigenvalue weighted by atomic mass is 16.3. The van der Waals surface area contributed by atoms with Crippen molar-refractivity contribution in [2.45, 2.75) is 25.9 Å². The molecule has 1 N–H and O–H groups in total. The highest BCUT2D eigenvalue weighted by molar-refractivity contribution is 5.60. The van der Waals surface area contributed by atoms with Crippen LogP contribution in [0, 0.1) is 13.8 Å². The fourth-order valence-electron chi connectivity index (χ4n) is 2.83. The van der Waals surface area contributed by atoms with E-state index < -0.39 is 6.10 Å². The molecule has 0 bridgehead atoms. The first-order valence-electron chi connectivity index (χ1n) is 6.69. The van der Waals surface area contributed by atoms with Crippen molar-refractivity contribution in [3.8, 4) is 0 Å². The molecule has 3 rings (SSSR count). The van der Waals surface area contributed by atoms with E-state index in [0.717, 1.165) is 11.1 Å². The Hall–Kier alpha value is -1.86. The summed E-state index contributed by atoms with van der Waals surface area (Å²) < 4.78 is 0. The minimum Gasteiger partial charge on any atom is -0.387 e. The molecule has 1 heteroatoms. The van der Waals surface area contributed by atoms with Gasteiger partial charge in [-0.1, -0.05) is 60.2 Å². The maximum atomic E-state index is 10.6. The largest absolute Gasteiger partial charge is 0.387 e. The van der Waals surface area contributed by atoms with Gasteiger partial charge in [0.25, 0.3) is 0 Å². The molecule has 0 spiro atoms. The molecule has 0 amide bonds. The van der Waals surface area contributed by atoms with E-state index in [-0.39, 0.29) is 5.92 Å². The van der Waals surface area contributed by atoms with E-state index in [1.807, 2.05) is 24.3 Å². The highest BCUT2D eigenvalue weighted by Gasteiger charge is 2.26. The fourth-order valence-corrected chi connectivity index (χ4v) is 2.83. The molecule has 0 aromatic heterocycles. The van der Waals surface area contributed by atoms with E-state index in [9.17, 15) is 5.11 Å². The van der Waals surface area contributed by atoms with Crippen molar-refractivity contribution in [1.82, 2.24) is 0 Å². The van der Waals surface area contributed by atoms with E-state index >= 15 is 0 Å². The monoisotopic (exact) mass is 250 g/mol. The summed E-state index contributed by atoms with van der Waals surface area (Å²) in [6, 6.07) is 14.5. The SMILES string of the molecule is Cc1ccc(C)c(C2C=Cc3ccccc3C2O)c1. The first-order valence-corrected chi connectivity index (χ1v) is 6.69. The molecule has 2 unspecified atom stereocenters. The molecular formula is C18H18O. The van der Waals surface area contributed by atoms with Crippen LogP contribution in [0.2, 0.25) is 0 Å². The summed E-state index contributed by atoms with van der Waals surface area (Å²) in [5.41, 5.74) is 5.84. The van der Waals surface area contributed by atoms with Gasteiger partial charge in [0.05, 0.1) is 6.10 Å². The van der Waals surface area contributed by atoms with Crippen LogP contribution in [0.25, 0.3) is 6.08 Å². The molecule has 0 heterocycles. The predicted molar refractivity (Wildman–Crippen MR) is 79.1 cm³/mol. The predicted octanol–water partition coefficient (Wildman–Crippen LogP) is 4.15. The summed E-state index contributed by atoms with van der Waals surface area (Å²) in [4.78, 5) is 0. The number of benzene rings is 2. The van der Waals surface area contributed by atoms with Crippen molar-refractivity contribution in [3.05, 3.63) is 76.4 Å². The maximum Gasteiger partial charge on any atom is 0.0899 e. The molecule has 0 radical (unpaired) electrons. The van der Waals surface area contributed by atoms with Crippen molar-refractivity contribution >= 4 is 6.08 Å². The Morgan fingerprint density at radius 2 is 1.74 bits per heavy atom. The summed E-state index contributed by atoms with van der Waals surface area (Å²) in [6.45, 7) is 4.20. The van der Waals surface area contributed by atoms with Crippen molar-refractivity contribution in [2.24, 2.45) is 0 Å². The number of aryl methyl sites for hydroxylation is 2. The Labute approximate surface area is 114 Å². The number of hydrogen-bond donors (Lipinski definition) is 1. The van der Waals surface area contributed by atoms with Crippen LogP contribution in [0.5, 0.6) is 0 Å². The molecule has 0 aliphatic heterocycles. The molecule has 19 heavy (non-hydrogen) atoms. The van der Waals surface area contributed by atoms with Crippen LogP contribution < -0.4 is 0 Å². The molecule has 2 atom stereocenters. The second kappa shape index (κ2) is 4.67. The summed E-state index contributed by atoms with van der Waals surface area (Å²) >= 11 is 0. The highest BCUT2D eigenvalue weighted by Crippen LogP contribution is 2.39. The number of aliphatic hydroxyl groups excluding tert-OH is 1. The smallest absolute Gasteiger partial charge is 0.0899 e. The molecule has 2 aromatic carbocycles. The van der Waals surface area contributed by atoms with Gasteiger partial charge in [-0.2, -0.15) is 0 Å². The van der Waals surface area contributed by atoms with E-state index in [0.29, 0.717) is 0 Å². The van der Waals surface area contributed by atoms with Crippen molar-refractivity contribution in [3.63, 3.8) is 0 Å². The quantitative estimate of drug-likeness (QED) is 0.806. The van der Waals surface area contributed by atoms with Crippen molar-refractivity contribution in [2.75, 3.05) is 0 Å². The minimum atomic E-state index is -0.457. The van der Waals surface area contributed by atoms with Gasteiger partial charge in [0.2, 0.25) is 0 Å². The average Bonchev–Trinajstić information content (AvgIpc) is 2.43. The summed E-state index contributed by atoms with van der Waals surface area (Å²) in [5, 5.41) is 10.6. The Balaban J connectivity index is 2.07. The Morgan fingerprint density at radius 3 is 2.58 bits per heavy atom. The third-order valence-electron chi connectivity index (χ3n) is 3.93. The molecule has 0 saturated carbocycles. The van der Waals surface area contributed by atoms with Crippen LogP contribution in [0.1, 0.15) is 39.8 Å². The molecule has 96 valence electrons. The van der Waals surface area contributed by atoms with Gasteiger partial charge in [0.1, 0.15) is 0 Å². The van der Waals surface area contributed by atoms with E-state index in [1.165, 1.54) is 16.7 Å². The average molecular weight is 250 g/mol. The van der Waals surface area contributed by atoms with Crippen molar-refractivity contribution in [1.29, 1.82) is 0 Å². The van der Waals surface area contributed by atoms with E-state index in [2.05, 4.69) is 44.2 Å². The lowest BCUT2D eigenvalue weighted by atomic mass is 9.81. The third-order valence-corrected chi connectivity index (χ3v) is 3.93. The van der Waals surface area contributed by atoms with E-state index in [1.54, 1.807) is 0 Å². The van der Waals surface area contributed by atoms with Crippen LogP contribution in [0.15, 0.2) is 48.5 Å². The zero-order valence-electron chi connectivity index (χ0n) is 11.3. The lowest BCUT2D eigenvalue weighted by Gasteiger charge is -2.27. The first kappa shape index (κ1) is 12.2. The van der Waals surface area contributed by atoms with E-state index in [4.69, 9.17) is 0 Å². The third kappa shape index (κ3) is 2.11. The molecule has 1 nitrogen and oxygen atoms in total. The topological polar surface area (TPSA) is 20.2 Å². The summed E-state index contributed by atoms with van der Waals surface area (Å²) in [6.07, 6.45) is 3.78. The van der Waals surface area contributed by atoms with Gasteiger partial charge < -0.3 is 5.11 Å². The van der Waals surface area contributed by atoms with Crippen LogP contribution in [-0.2, 0) is 0 Å². The van der Waals surface area contributed by atoms with Gasteiger partial charge in [-0.05, 0) is 36.1 Å². The second-order valence-electron chi connectivity index (χ2n) is 5.32. The molecule has 2 aromatic rings. The van der Waals surface area contributed by atoms with Crippen LogP contribution in [-0.4, -0.2) is 5.11 Å². The number of hydrogen-bond acceptors (Lipinski definition) is 1. The first-order chi connectivity index (χ1) is 9.16. The zero-order valence-corrected chi connectivity index (χ0v) is 11.3. The van der Waals surface area contributed by atoms with Crippen LogP contribution in [0.3, 0.4) is 0 Å². The Kier molecular flexibility index (Phi) is 3.00. The lowest BCUT2D eigenvalue weighted by molar-refractivity contribution is 0.160. The fraction of sp³-hybridized carbons (Fsp3) is 0.222. The van der Waals surface area contributed by atoms with Gasteiger partial charge in [0.15, 0.2) is 0 Å². The van der Waals surface area contributed by atoms with Gasteiger partial charge in [-0.3, -0.25) is 0 Å². The summed E-state index contributed by atoms with van der Waals surface area (Å²) in [7, 11) is 0. The maximum absolute atomic E-state index is 10.6. The number of rotatable bonds is 1. The Morgan fingerprint density at radius 1 is 0.947 bits per heavy atom. The van der Waals surface area contributed by atoms with Crippen LogP contribution in [0.4, 0.5) is 0 Å². The van der Waals surface area contributed by atoms with Gasteiger partial charge in [0, 0.05) is 5.92 Å². The summed E-state index contributed by atoms with van der Waals surface area (Å²) in [5.74, 6) is 0.0507. The van der Waals surface area contributed by atoms with Gasteiger partial charge in [-0.25, -0.2) is 0 Å². The lowest BCUT2D eigenvalue weighted by Crippen LogP contribution is -2.14. The molecule has 1 aliphatic carbocycles. The van der Waals surface area contributed by atoms with Gasteiger partial charge in [-0.15, -0.1) is 0 Å².